The number of aliphatic hydroxyl groups is 1. The third kappa shape index (κ3) is 2.29. The molecule has 1 fully saturated rings. The van der Waals surface area contributed by atoms with Crippen molar-refractivity contribution < 1.29 is 5.11 Å². The molecule has 19 heavy (non-hydrogen) atoms. The van der Waals surface area contributed by atoms with E-state index in [1.807, 2.05) is 24.4 Å². The summed E-state index contributed by atoms with van der Waals surface area (Å²) < 4.78 is 1.16. The van der Waals surface area contributed by atoms with Gasteiger partial charge in [0.05, 0.1) is 14.8 Å². The molecule has 0 amide bonds. The molecule has 2 aromatic rings. The SMILES string of the molecule is C=C(O)c1ccc2ncc(I)c(N3CCCC3)c2c1. The van der Waals surface area contributed by atoms with E-state index >= 15 is 0 Å². The highest BCUT2D eigenvalue weighted by Gasteiger charge is 2.18. The van der Waals surface area contributed by atoms with Crippen LogP contribution in [0.4, 0.5) is 5.69 Å². The van der Waals surface area contributed by atoms with Gasteiger partial charge in [-0.05, 0) is 53.6 Å². The standard InChI is InChI=1S/C15H15IN2O/c1-10(19)11-4-5-14-12(8-11)15(13(16)9-17-14)18-6-2-3-7-18/h4-5,8-9,19H,1-3,6-7H2. The Hall–Kier alpha value is -1.30. The lowest BCUT2D eigenvalue weighted by molar-refractivity contribution is 0.514. The molecule has 0 radical (unpaired) electrons. The van der Waals surface area contributed by atoms with Gasteiger partial charge in [-0.1, -0.05) is 6.58 Å². The minimum Gasteiger partial charge on any atom is -0.508 e. The van der Waals surface area contributed by atoms with Crippen LogP contribution in [-0.4, -0.2) is 23.2 Å². The Balaban J connectivity index is 2.24. The van der Waals surface area contributed by atoms with Gasteiger partial charge in [-0.3, -0.25) is 4.98 Å². The third-order valence-electron chi connectivity index (χ3n) is 3.55. The van der Waals surface area contributed by atoms with Gasteiger partial charge in [0.25, 0.3) is 0 Å². The number of halogens is 1. The lowest BCUT2D eigenvalue weighted by atomic mass is 10.1. The summed E-state index contributed by atoms with van der Waals surface area (Å²) in [6.07, 6.45) is 4.41. The molecule has 0 saturated carbocycles. The number of anilines is 1. The molecule has 1 aromatic carbocycles. The molecule has 3 rings (SSSR count). The number of hydrogen-bond donors (Lipinski definition) is 1. The van der Waals surface area contributed by atoms with Crippen LogP contribution in [0.3, 0.4) is 0 Å². The van der Waals surface area contributed by atoms with E-state index < -0.39 is 0 Å². The van der Waals surface area contributed by atoms with Crippen molar-refractivity contribution in [2.24, 2.45) is 0 Å². The molecule has 1 saturated heterocycles. The maximum atomic E-state index is 9.58. The van der Waals surface area contributed by atoms with Crippen molar-refractivity contribution in [1.82, 2.24) is 4.98 Å². The number of fused-ring (bicyclic) bond motifs is 1. The molecule has 0 atom stereocenters. The van der Waals surface area contributed by atoms with E-state index in [2.05, 4.69) is 39.1 Å². The molecule has 0 unspecified atom stereocenters. The van der Waals surface area contributed by atoms with E-state index in [1.54, 1.807) is 0 Å². The van der Waals surface area contributed by atoms with Crippen molar-refractivity contribution in [2.45, 2.75) is 12.8 Å². The van der Waals surface area contributed by atoms with Crippen LogP contribution in [-0.2, 0) is 0 Å². The van der Waals surface area contributed by atoms with Crippen molar-refractivity contribution in [1.29, 1.82) is 0 Å². The highest BCUT2D eigenvalue weighted by molar-refractivity contribution is 14.1. The Bertz CT molecular complexity index is 648. The summed E-state index contributed by atoms with van der Waals surface area (Å²) in [5.74, 6) is 0.105. The van der Waals surface area contributed by atoms with E-state index in [9.17, 15) is 5.11 Å². The quantitative estimate of drug-likeness (QED) is 0.646. The zero-order valence-electron chi connectivity index (χ0n) is 10.6. The van der Waals surface area contributed by atoms with E-state index in [0.717, 1.165) is 33.1 Å². The van der Waals surface area contributed by atoms with Crippen molar-refractivity contribution in [3.05, 3.63) is 40.1 Å². The summed E-state index contributed by atoms with van der Waals surface area (Å²) in [4.78, 5) is 6.88. The zero-order chi connectivity index (χ0) is 13.4. The lowest BCUT2D eigenvalue weighted by Crippen LogP contribution is -2.19. The Morgan fingerprint density at radius 2 is 2.05 bits per heavy atom. The molecule has 3 nitrogen and oxygen atoms in total. The number of benzene rings is 1. The average molecular weight is 366 g/mol. The molecular formula is C15H15IN2O. The van der Waals surface area contributed by atoms with Gasteiger partial charge in [0.2, 0.25) is 0 Å². The van der Waals surface area contributed by atoms with Crippen LogP contribution in [0.2, 0.25) is 0 Å². The number of hydrogen-bond acceptors (Lipinski definition) is 3. The Morgan fingerprint density at radius 1 is 1.32 bits per heavy atom. The summed E-state index contributed by atoms with van der Waals surface area (Å²) in [5, 5.41) is 10.7. The van der Waals surface area contributed by atoms with Crippen LogP contribution >= 0.6 is 22.6 Å². The second-order valence-electron chi connectivity index (χ2n) is 4.83. The van der Waals surface area contributed by atoms with Crippen molar-refractivity contribution in [3.8, 4) is 0 Å². The highest BCUT2D eigenvalue weighted by Crippen LogP contribution is 2.34. The summed E-state index contributed by atoms with van der Waals surface area (Å²) >= 11 is 2.34. The van der Waals surface area contributed by atoms with Crippen LogP contribution in [0.15, 0.2) is 31.0 Å². The Labute approximate surface area is 126 Å². The molecule has 1 N–H and O–H groups in total. The van der Waals surface area contributed by atoms with Gasteiger partial charge >= 0.3 is 0 Å². The monoisotopic (exact) mass is 366 g/mol. The minimum absolute atomic E-state index is 0.105. The van der Waals surface area contributed by atoms with Gasteiger partial charge in [0.15, 0.2) is 0 Å². The maximum absolute atomic E-state index is 9.58. The van der Waals surface area contributed by atoms with E-state index in [1.165, 1.54) is 18.5 Å². The summed E-state index contributed by atoms with van der Waals surface area (Å²) in [6.45, 7) is 5.79. The first-order chi connectivity index (χ1) is 9.16. The summed E-state index contributed by atoms with van der Waals surface area (Å²) in [6, 6.07) is 5.79. The molecule has 98 valence electrons. The molecule has 4 heteroatoms. The van der Waals surface area contributed by atoms with Crippen molar-refractivity contribution in [3.63, 3.8) is 0 Å². The number of aliphatic hydroxyl groups excluding tert-OH is 1. The van der Waals surface area contributed by atoms with Gasteiger partial charge in [-0.25, -0.2) is 0 Å². The number of pyridine rings is 1. The van der Waals surface area contributed by atoms with Gasteiger partial charge in [0.1, 0.15) is 5.76 Å². The van der Waals surface area contributed by atoms with E-state index in [-0.39, 0.29) is 5.76 Å². The largest absolute Gasteiger partial charge is 0.508 e. The average Bonchev–Trinajstić information content (AvgIpc) is 2.91. The van der Waals surface area contributed by atoms with Crippen LogP contribution in [0.1, 0.15) is 18.4 Å². The fourth-order valence-electron chi connectivity index (χ4n) is 2.60. The number of aromatic nitrogens is 1. The topological polar surface area (TPSA) is 36.4 Å². The zero-order valence-corrected chi connectivity index (χ0v) is 12.7. The van der Waals surface area contributed by atoms with Crippen LogP contribution in [0, 0.1) is 3.57 Å². The Morgan fingerprint density at radius 3 is 2.74 bits per heavy atom. The van der Waals surface area contributed by atoms with Crippen LogP contribution in [0.5, 0.6) is 0 Å². The number of nitrogens with zero attached hydrogens (tertiary/aromatic N) is 2. The molecule has 1 aliphatic rings. The second kappa shape index (κ2) is 5.00. The predicted molar refractivity (Wildman–Crippen MR) is 87.6 cm³/mol. The molecule has 2 heterocycles. The molecular weight excluding hydrogens is 351 g/mol. The molecule has 1 aromatic heterocycles. The third-order valence-corrected chi connectivity index (χ3v) is 4.34. The first-order valence-electron chi connectivity index (χ1n) is 6.38. The van der Waals surface area contributed by atoms with Crippen molar-refractivity contribution >= 4 is 44.9 Å². The Kier molecular flexibility index (Phi) is 3.35. The van der Waals surface area contributed by atoms with Crippen LogP contribution in [0.25, 0.3) is 16.7 Å². The van der Waals surface area contributed by atoms with Crippen molar-refractivity contribution in [2.75, 3.05) is 18.0 Å². The van der Waals surface area contributed by atoms with Gasteiger partial charge in [0, 0.05) is 30.2 Å². The van der Waals surface area contributed by atoms with Gasteiger partial charge in [-0.2, -0.15) is 0 Å². The lowest BCUT2D eigenvalue weighted by Gasteiger charge is -2.21. The van der Waals surface area contributed by atoms with Crippen LogP contribution < -0.4 is 4.90 Å². The summed E-state index contributed by atoms with van der Waals surface area (Å²) in [7, 11) is 0. The normalized spacial score (nSPS) is 15.1. The second-order valence-corrected chi connectivity index (χ2v) is 5.99. The molecule has 0 aliphatic carbocycles. The van der Waals surface area contributed by atoms with Gasteiger partial charge < -0.3 is 10.0 Å². The highest BCUT2D eigenvalue weighted by atomic mass is 127. The fourth-order valence-corrected chi connectivity index (χ4v) is 3.37. The van der Waals surface area contributed by atoms with Gasteiger partial charge in [-0.15, -0.1) is 0 Å². The number of rotatable bonds is 2. The van der Waals surface area contributed by atoms with E-state index in [0.29, 0.717) is 0 Å². The first-order valence-corrected chi connectivity index (χ1v) is 7.46. The summed E-state index contributed by atoms with van der Waals surface area (Å²) in [5.41, 5.74) is 2.97. The smallest absolute Gasteiger partial charge is 0.115 e. The predicted octanol–water partition coefficient (Wildman–Crippen LogP) is 3.97. The molecule has 0 bridgehead atoms. The maximum Gasteiger partial charge on any atom is 0.115 e. The minimum atomic E-state index is 0.105. The first kappa shape index (κ1) is 12.7. The molecule has 1 aliphatic heterocycles. The van der Waals surface area contributed by atoms with E-state index in [4.69, 9.17) is 0 Å². The fraction of sp³-hybridized carbons (Fsp3) is 0.267. The molecule has 0 spiro atoms.